The summed E-state index contributed by atoms with van der Waals surface area (Å²) in [6.07, 6.45) is 2.97. The maximum Gasteiger partial charge on any atom is 0.224 e. The van der Waals surface area contributed by atoms with Crippen molar-refractivity contribution in [1.82, 2.24) is 20.1 Å². The van der Waals surface area contributed by atoms with Crippen LogP contribution in [0.2, 0.25) is 0 Å². The number of anilines is 1. The van der Waals surface area contributed by atoms with Gasteiger partial charge in [-0.3, -0.25) is 4.79 Å². The summed E-state index contributed by atoms with van der Waals surface area (Å²) in [7, 11) is 1.87. The van der Waals surface area contributed by atoms with E-state index in [1.165, 1.54) is 0 Å². The number of hydrogen-bond donors (Lipinski definition) is 2. The molecule has 0 saturated heterocycles. The molecule has 6 heteroatoms. The number of rotatable bonds is 6. The van der Waals surface area contributed by atoms with Crippen LogP contribution < -0.4 is 10.6 Å². The van der Waals surface area contributed by atoms with E-state index >= 15 is 0 Å². The molecule has 112 valence electrons. The van der Waals surface area contributed by atoms with E-state index in [1.807, 2.05) is 39.1 Å². The van der Waals surface area contributed by atoms with Gasteiger partial charge in [-0.25, -0.2) is 9.67 Å². The Labute approximate surface area is 124 Å². The number of aryl methyl sites for hydroxylation is 2. The number of pyridine rings is 1. The molecule has 1 amide bonds. The fraction of sp³-hybridized carbons (Fsp3) is 0.400. The number of carbonyl (C=O) groups excluding carboxylic acids is 1. The molecule has 2 aromatic rings. The number of amides is 1. The van der Waals surface area contributed by atoms with Crippen LogP contribution in [-0.4, -0.2) is 34.3 Å². The molecule has 0 aliphatic carbocycles. The Kier molecular flexibility index (Phi) is 5.05. The highest BCUT2D eigenvalue weighted by Crippen LogP contribution is 2.12. The number of hydrogen-bond acceptors (Lipinski definition) is 4. The summed E-state index contributed by atoms with van der Waals surface area (Å²) in [4.78, 5) is 16.1. The van der Waals surface area contributed by atoms with Gasteiger partial charge >= 0.3 is 0 Å². The molecule has 0 radical (unpaired) electrons. The lowest BCUT2D eigenvalue weighted by atomic mass is 10.3. The molecule has 0 atom stereocenters. The highest BCUT2D eigenvalue weighted by atomic mass is 16.1. The average Bonchev–Trinajstić information content (AvgIpc) is 2.79. The van der Waals surface area contributed by atoms with Crippen LogP contribution >= 0.6 is 0 Å². The number of carbonyl (C=O) groups is 1. The Hall–Kier alpha value is -2.21. The molecular weight excluding hydrogens is 266 g/mol. The third-order valence-corrected chi connectivity index (χ3v) is 3.09. The zero-order valence-electron chi connectivity index (χ0n) is 12.7. The van der Waals surface area contributed by atoms with E-state index in [-0.39, 0.29) is 5.91 Å². The molecule has 2 aromatic heterocycles. The number of aromatic nitrogens is 3. The molecule has 0 fully saturated rings. The molecule has 2 N–H and O–H groups in total. The summed E-state index contributed by atoms with van der Waals surface area (Å²) in [6, 6.07) is 5.69. The standard InChI is InChI=1S/C15H21N5O/c1-11-9-12(2)20(19-11)14-7-6-13(10-17-14)18-15(21)5-4-8-16-3/h6-7,9-10,16H,4-5,8H2,1-3H3,(H,18,21). The van der Waals surface area contributed by atoms with Gasteiger partial charge in [0.15, 0.2) is 5.82 Å². The summed E-state index contributed by atoms with van der Waals surface area (Å²) >= 11 is 0. The quantitative estimate of drug-likeness (QED) is 0.795. The zero-order chi connectivity index (χ0) is 15.2. The topological polar surface area (TPSA) is 71.8 Å². The van der Waals surface area contributed by atoms with E-state index < -0.39 is 0 Å². The minimum absolute atomic E-state index is 0.00548. The van der Waals surface area contributed by atoms with E-state index in [1.54, 1.807) is 10.9 Å². The molecule has 0 saturated carbocycles. The predicted octanol–water partition coefficient (Wildman–Crippen LogP) is 1.82. The Bertz CT molecular complexity index is 603. The Morgan fingerprint density at radius 1 is 1.33 bits per heavy atom. The van der Waals surface area contributed by atoms with Crippen molar-refractivity contribution >= 4 is 11.6 Å². The Morgan fingerprint density at radius 2 is 2.14 bits per heavy atom. The van der Waals surface area contributed by atoms with E-state index in [0.717, 1.165) is 30.2 Å². The van der Waals surface area contributed by atoms with Gasteiger partial charge in [0.25, 0.3) is 0 Å². The minimum Gasteiger partial charge on any atom is -0.325 e. The third-order valence-electron chi connectivity index (χ3n) is 3.09. The maximum absolute atomic E-state index is 11.7. The molecule has 0 spiro atoms. The van der Waals surface area contributed by atoms with Gasteiger partial charge in [0.05, 0.1) is 17.6 Å². The van der Waals surface area contributed by atoms with Crippen LogP contribution in [0.5, 0.6) is 0 Å². The SMILES string of the molecule is CNCCCC(=O)Nc1ccc(-n2nc(C)cc2C)nc1. The molecular formula is C15H21N5O. The molecule has 2 rings (SSSR count). The van der Waals surface area contributed by atoms with Gasteiger partial charge in [-0.05, 0) is 52.1 Å². The lowest BCUT2D eigenvalue weighted by Gasteiger charge is -2.07. The van der Waals surface area contributed by atoms with Crippen LogP contribution in [-0.2, 0) is 4.79 Å². The largest absolute Gasteiger partial charge is 0.325 e. The molecule has 6 nitrogen and oxygen atoms in total. The van der Waals surface area contributed by atoms with Crippen LogP contribution in [0.1, 0.15) is 24.2 Å². The number of nitrogens with one attached hydrogen (secondary N) is 2. The van der Waals surface area contributed by atoms with Gasteiger partial charge in [-0.15, -0.1) is 0 Å². The van der Waals surface area contributed by atoms with E-state index in [4.69, 9.17) is 0 Å². The fourth-order valence-corrected chi connectivity index (χ4v) is 2.10. The fourth-order valence-electron chi connectivity index (χ4n) is 2.10. The van der Waals surface area contributed by atoms with Gasteiger partial charge in [-0.1, -0.05) is 0 Å². The third kappa shape index (κ3) is 4.13. The first-order chi connectivity index (χ1) is 10.1. The van der Waals surface area contributed by atoms with Gasteiger partial charge in [0.1, 0.15) is 0 Å². The first-order valence-corrected chi connectivity index (χ1v) is 7.04. The van der Waals surface area contributed by atoms with Crippen molar-refractivity contribution in [1.29, 1.82) is 0 Å². The molecule has 0 unspecified atom stereocenters. The smallest absolute Gasteiger partial charge is 0.224 e. The van der Waals surface area contributed by atoms with Gasteiger partial charge in [0, 0.05) is 12.1 Å². The summed E-state index contributed by atoms with van der Waals surface area (Å²) in [5.41, 5.74) is 2.69. The van der Waals surface area contributed by atoms with Crippen molar-refractivity contribution < 1.29 is 4.79 Å². The predicted molar refractivity (Wildman–Crippen MR) is 82.6 cm³/mol. The van der Waals surface area contributed by atoms with Crippen molar-refractivity contribution in [3.63, 3.8) is 0 Å². The van der Waals surface area contributed by atoms with Gasteiger partial charge in [-0.2, -0.15) is 5.10 Å². The van der Waals surface area contributed by atoms with Crippen LogP contribution in [0, 0.1) is 13.8 Å². The summed E-state index contributed by atoms with van der Waals surface area (Å²) < 4.78 is 1.79. The molecule has 2 heterocycles. The second-order valence-corrected chi connectivity index (χ2v) is 5.00. The lowest BCUT2D eigenvalue weighted by molar-refractivity contribution is -0.116. The van der Waals surface area contributed by atoms with Crippen LogP contribution in [0.15, 0.2) is 24.4 Å². The van der Waals surface area contributed by atoms with E-state index in [2.05, 4.69) is 20.7 Å². The molecule has 0 aliphatic rings. The van der Waals surface area contributed by atoms with Crippen molar-refractivity contribution in [2.75, 3.05) is 18.9 Å². The Balaban J connectivity index is 1.99. The van der Waals surface area contributed by atoms with Crippen molar-refractivity contribution in [3.8, 4) is 5.82 Å². The zero-order valence-corrected chi connectivity index (χ0v) is 12.7. The summed E-state index contributed by atoms with van der Waals surface area (Å²) in [5, 5.41) is 10.2. The highest BCUT2D eigenvalue weighted by Gasteiger charge is 2.06. The highest BCUT2D eigenvalue weighted by molar-refractivity contribution is 5.90. The number of nitrogens with zero attached hydrogens (tertiary/aromatic N) is 3. The van der Waals surface area contributed by atoms with Gasteiger partial charge in [0.2, 0.25) is 5.91 Å². The van der Waals surface area contributed by atoms with Crippen LogP contribution in [0.3, 0.4) is 0 Å². The second kappa shape index (κ2) is 6.99. The Morgan fingerprint density at radius 3 is 2.71 bits per heavy atom. The summed E-state index contributed by atoms with van der Waals surface area (Å²) in [5.74, 6) is 0.750. The monoisotopic (exact) mass is 287 g/mol. The van der Waals surface area contributed by atoms with Crippen LogP contribution in [0.25, 0.3) is 5.82 Å². The van der Waals surface area contributed by atoms with Crippen molar-refractivity contribution in [3.05, 3.63) is 35.8 Å². The van der Waals surface area contributed by atoms with Crippen LogP contribution in [0.4, 0.5) is 5.69 Å². The maximum atomic E-state index is 11.7. The van der Waals surface area contributed by atoms with E-state index in [0.29, 0.717) is 12.1 Å². The first-order valence-electron chi connectivity index (χ1n) is 7.04. The first kappa shape index (κ1) is 15.2. The normalized spacial score (nSPS) is 10.6. The second-order valence-electron chi connectivity index (χ2n) is 5.00. The molecule has 21 heavy (non-hydrogen) atoms. The van der Waals surface area contributed by atoms with Gasteiger partial charge < -0.3 is 10.6 Å². The molecule has 0 bridgehead atoms. The molecule has 0 aliphatic heterocycles. The van der Waals surface area contributed by atoms with E-state index in [9.17, 15) is 4.79 Å². The van der Waals surface area contributed by atoms with Crippen molar-refractivity contribution in [2.24, 2.45) is 0 Å². The summed E-state index contributed by atoms with van der Waals surface area (Å²) in [6.45, 7) is 4.77. The molecule has 0 aromatic carbocycles. The average molecular weight is 287 g/mol. The minimum atomic E-state index is 0.00548. The lowest BCUT2D eigenvalue weighted by Crippen LogP contribution is -2.15. The van der Waals surface area contributed by atoms with Crippen molar-refractivity contribution in [2.45, 2.75) is 26.7 Å².